The molecule has 0 atom stereocenters. The van der Waals surface area contributed by atoms with Gasteiger partial charge in [0.1, 0.15) is 11.3 Å². The van der Waals surface area contributed by atoms with Gasteiger partial charge in [0, 0.05) is 36.2 Å². The SMILES string of the molecule is CCN(CC)C(=O)c1ccc(NC(=O)c2cn3c(C)cccc3n2)cc1. The van der Waals surface area contributed by atoms with Gasteiger partial charge in [-0.2, -0.15) is 0 Å². The molecule has 6 nitrogen and oxygen atoms in total. The number of nitrogens with zero attached hydrogens (tertiary/aromatic N) is 3. The highest BCUT2D eigenvalue weighted by Gasteiger charge is 2.14. The molecule has 134 valence electrons. The molecule has 6 heteroatoms. The Labute approximate surface area is 152 Å². The fraction of sp³-hybridized carbons (Fsp3) is 0.250. The maximum atomic E-state index is 12.5. The Bertz CT molecular complexity index is 940. The van der Waals surface area contributed by atoms with Crippen molar-refractivity contribution in [3.8, 4) is 0 Å². The highest BCUT2D eigenvalue weighted by atomic mass is 16.2. The Morgan fingerprint density at radius 2 is 1.77 bits per heavy atom. The number of pyridine rings is 1. The van der Waals surface area contributed by atoms with Crippen LogP contribution in [0.2, 0.25) is 0 Å². The van der Waals surface area contributed by atoms with E-state index in [9.17, 15) is 9.59 Å². The minimum absolute atomic E-state index is 0.0105. The van der Waals surface area contributed by atoms with Crippen LogP contribution < -0.4 is 5.32 Å². The number of rotatable bonds is 5. The van der Waals surface area contributed by atoms with Crippen molar-refractivity contribution in [2.24, 2.45) is 0 Å². The molecule has 26 heavy (non-hydrogen) atoms. The minimum Gasteiger partial charge on any atom is -0.339 e. The van der Waals surface area contributed by atoms with Crippen molar-refractivity contribution in [1.82, 2.24) is 14.3 Å². The molecule has 3 aromatic rings. The zero-order valence-corrected chi connectivity index (χ0v) is 15.2. The fourth-order valence-electron chi connectivity index (χ4n) is 2.84. The first-order valence-corrected chi connectivity index (χ1v) is 8.69. The number of hydrogen-bond donors (Lipinski definition) is 1. The Balaban J connectivity index is 1.75. The molecule has 2 aromatic heterocycles. The minimum atomic E-state index is -0.282. The molecule has 0 radical (unpaired) electrons. The summed E-state index contributed by atoms with van der Waals surface area (Å²) in [5.41, 5.74) is 3.32. The smallest absolute Gasteiger partial charge is 0.275 e. The van der Waals surface area contributed by atoms with Gasteiger partial charge >= 0.3 is 0 Å². The van der Waals surface area contributed by atoms with Gasteiger partial charge in [0.05, 0.1) is 0 Å². The van der Waals surface area contributed by atoms with Gasteiger partial charge in [-0.05, 0) is 57.2 Å². The van der Waals surface area contributed by atoms with E-state index in [1.165, 1.54) is 0 Å². The summed E-state index contributed by atoms with van der Waals surface area (Å²) in [4.78, 5) is 30.9. The summed E-state index contributed by atoms with van der Waals surface area (Å²) < 4.78 is 1.88. The lowest BCUT2D eigenvalue weighted by Crippen LogP contribution is -2.30. The number of aryl methyl sites for hydroxylation is 1. The van der Waals surface area contributed by atoms with Gasteiger partial charge in [0.25, 0.3) is 11.8 Å². The summed E-state index contributed by atoms with van der Waals surface area (Å²) in [5, 5.41) is 2.82. The molecule has 0 aliphatic heterocycles. The Hall–Kier alpha value is -3.15. The van der Waals surface area contributed by atoms with E-state index in [0.717, 1.165) is 11.3 Å². The normalized spacial score (nSPS) is 10.7. The quantitative estimate of drug-likeness (QED) is 0.767. The third kappa shape index (κ3) is 3.44. The van der Waals surface area contributed by atoms with Gasteiger partial charge in [-0.25, -0.2) is 4.98 Å². The second-order valence-corrected chi connectivity index (χ2v) is 6.03. The molecule has 0 aliphatic carbocycles. The second kappa shape index (κ2) is 7.39. The van der Waals surface area contributed by atoms with Gasteiger partial charge in [0.2, 0.25) is 0 Å². The number of imidazole rings is 1. The molecule has 2 heterocycles. The number of amides is 2. The molecule has 1 aromatic carbocycles. The Morgan fingerprint density at radius 1 is 1.08 bits per heavy atom. The van der Waals surface area contributed by atoms with E-state index in [1.54, 1.807) is 35.4 Å². The molecule has 0 saturated heterocycles. The van der Waals surface area contributed by atoms with Crippen LogP contribution >= 0.6 is 0 Å². The lowest BCUT2D eigenvalue weighted by molar-refractivity contribution is 0.0773. The first kappa shape index (κ1) is 17.7. The zero-order valence-electron chi connectivity index (χ0n) is 15.2. The van der Waals surface area contributed by atoms with Crippen LogP contribution in [-0.4, -0.2) is 39.2 Å². The number of carbonyl (C=O) groups excluding carboxylic acids is 2. The summed E-state index contributed by atoms with van der Waals surface area (Å²) >= 11 is 0. The monoisotopic (exact) mass is 350 g/mol. The lowest BCUT2D eigenvalue weighted by atomic mass is 10.1. The van der Waals surface area contributed by atoms with Crippen LogP contribution in [0.25, 0.3) is 5.65 Å². The molecule has 0 fully saturated rings. The van der Waals surface area contributed by atoms with E-state index in [-0.39, 0.29) is 11.8 Å². The maximum Gasteiger partial charge on any atom is 0.275 e. The van der Waals surface area contributed by atoms with Crippen molar-refractivity contribution >= 4 is 23.1 Å². The molecule has 0 aliphatic rings. The number of carbonyl (C=O) groups is 2. The molecule has 0 spiro atoms. The third-order valence-electron chi connectivity index (χ3n) is 4.37. The standard InChI is InChI=1S/C20H22N4O2/c1-4-23(5-2)20(26)15-9-11-16(12-10-15)21-19(25)17-13-24-14(3)7-6-8-18(24)22-17/h6-13H,4-5H2,1-3H3,(H,21,25). The summed E-state index contributed by atoms with van der Waals surface area (Å²) in [5.74, 6) is -0.292. The van der Waals surface area contributed by atoms with Crippen molar-refractivity contribution in [3.63, 3.8) is 0 Å². The van der Waals surface area contributed by atoms with E-state index in [0.29, 0.717) is 30.0 Å². The Morgan fingerprint density at radius 3 is 2.38 bits per heavy atom. The van der Waals surface area contributed by atoms with Crippen molar-refractivity contribution < 1.29 is 9.59 Å². The van der Waals surface area contributed by atoms with Gasteiger partial charge in [0.15, 0.2) is 0 Å². The lowest BCUT2D eigenvalue weighted by Gasteiger charge is -2.18. The van der Waals surface area contributed by atoms with Crippen LogP contribution in [0.4, 0.5) is 5.69 Å². The molecule has 2 amide bonds. The van der Waals surface area contributed by atoms with Crippen LogP contribution in [0.3, 0.4) is 0 Å². The molecule has 0 saturated carbocycles. The highest BCUT2D eigenvalue weighted by molar-refractivity contribution is 6.03. The summed E-state index contributed by atoms with van der Waals surface area (Å²) in [7, 11) is 0. The van der Waals surface area contributed by atoms with Crippen LogP contribution in [0, 0.1) is 6.92 Å². The van der Waals surface area contributed by atoms with E-state index in [1.807, 2.05) is 43.4 Å². The molecule has 0 unspecified atom stereocenters. The largest absolute Gasteiger partial charge is 0.339 e. The average Bonchev–Trinajstić information content (AvgIpc) is 3.09. The van der Waals surface area contributed by atoms with Gasteiger partial charge in [-0.15, -0.1) is 0 Å². The molecular weight excluding hydrogens is 328 g/mol. The maximum absolute atomic E-state index is 12.5. The topological polar surface area (TPSA) is 66.7 Å². The second-order valence-electron chi connectivity index (χ2n) is 6.03. The fourth-order valence-corrected chi connectivity index (χ4v) is 2.84. The molecule has 0 bridgehead atoms. The van der Waals surface area contributed by atoms with Crippen molar-refractivity contribution in [2.75, 3.05) is 18.4 Å². The van der Waals surface area contributed by atoms with Crippen LogP contribution in [0.1, 0.15) is 40.4 Å². The van der Waals surface area contributed by atoms with E-state index in [2.05, 4.69) is 10.3 Å². The number of fused-ring (bicyclic) bond motifs is 1. The number of anilines is 1. The number of hydrogen-bond acceptors (Lipinski definition) is 3. The van der Waals surface area contributed by atoms with Gasteiger partial charge in [-0.1, -0.05) is 6.07 Å². The van der Waals surface area contributed by atoms with Crippen LogP contribution in [0.5, 0.6) is 0 Å². The van der Waals surface area contributed by atoms with Crippen molar-refractivity contribution in [1.29, 1.82) is 0 Å². The number of nitrogens with one attached hydrogen (secondary N) is 1. The third-order valence-corrected chi connectivity index (χ3v) is 4.37. The first-order chi connectivity index (χ1) is 12.5. The van der Waals surface area contributed by atoms with Crippen LogP contribution in [-0.2, 0) is 0 Å². The summed E-state index contributed by atoms with van der Waals surface area (Å²) in [6, 6.07) is 12.6. The zero-order chi connectivity index (χ0) is 18.7. The predicted molar refractivity (Wildman–Crippen MR) is 102 cm³/mol. The van der Waals surface area contributed by atoms with Crippen molar-refractivity contribution in [2.45, 2.75) is 20.8 Å². The first-order valence-electron chi connectivity index (χ1n) is 8.69. The summed E-state index contributed by atoms with van der Waals surface area (Å²) in [6.07, 6.45) is 1.72. The predicted octanol–water partition coefficient (Wildman–Crippen LogP) is 3.38. The summed E-state index contributed by atoms with van der Waals surface area (Å²) in [6.45, 7) is 7.20. The number of aromatic nitrogens is 2. The highest BCUT2D eigenvalue weighted by Crippen LogP contribution is 2.14. The molecular formula is C20H22N4O2. The van der Waals surface area contributed by atoms with Gasteiger partial charge < -0.3 is 14.6 Å². The van der Waals surface area contributed by atoms with Crippen molar-refractivity contribution in [3.05, 3.63) is 65.6 Å². The van der Waals surface area contributed by atoms with Gasteiger partial charge in [-0.3, -0.25) is 9.59 Å². The van der Waals surface area contributed by atoms with Crippen LogP contribution in [0.15, 0.2) is 48.7 Å². The van der Waals surface area contributed by atoms with E-state index >= 15 is 0 Å². The van der Waals surface area contributed by atoms with E-state index in [4.69, 9.17) is 0 Å². The average molecular weight is 350 g/mol. The number of benzene rings is 1. The molecule has 1 N–H and O–H groups in total. The van der Waals surface area contributed by atoms with E-state index < -0.39 is 0 Å². The Kier molecular flexibility index (Phi) is 5.02. The molecule has 3 rings (SSSR count).